The second kappa shape index (κ2) is 9.97. The Bertz CT molecular complexity index is 938. The Balaban J connectivity index is 1.64. The minimum absolute atomic E-state index is 0.0142. The molecule has 2 aromatic rings. The van der Waals surface area contributed by atoms with Gasteiger partial charge in [0.2, 0.25) is 0 Å². The highest BCUT2D eigenvalue weighted by molar-refractivity contribution is 5.83. The fourth-order valence-corrected chi connectivity index (χ4v) is 3.61. The number of benzene rings is 1. The summed E-state index contributed by atoms with van der Waals surface area (Å²) in [6.45, 7) is 10.2. The van der Waals surface area contributed by atoms with Crippen LogP contribution < -0.4 is 19.9 Å². The van der Waals surface area contributed by atoms with Crippen molar-refractivity contribution in [2.24, 2.45) is 0 Å². The van der Waals surface area contributed by atoms with Crippen molar-refractivity contribution in [3.05, 3.63) is 48.8 Å². The molecule has 1 unspecified atom stereocenters. The molecule has 33 heavy (non-hydrogen) atoms. The SMILES string of the molecule is CCC(NC(=O)OC(C)(C)C)(Oc1ccc(N2CCN(c3ccncc3)CC2)cc1)C(=O)O. The van der Waals surface area contributed by atoms with Gasteiger partial charge in [0.05, 0.1) is 0 Å². The van der Waals surface area contributed by atoms with Gasteiger partial charge >= 0.3 is 12.1 Å². The van der Waals surface area contributed by atoms with E-state index in [0.717, 1.165) is 37.6 Å². The van der Waals surface area contributed by atoms with Gasteiger partial charge < -0.3 is 24.4 Å². The molecule has 1 aliphatic heterocycles. The van der Waals surface area contributed by atoms with Crippen LogP contribution in [0.4, 0.5) is 16.2 Å². The summed E-state index contributed by atoms with van der Waals surface area (Å²) in [4.78, 5) is 32.9. The highest BCUT2D eigenvalue weighted by atomic mass is 16.6. The number of ether oxygens (including phenoxy) is 2. The van der Waals surface area contributed by atoms with Crippen LogP contribution in [0.5, 0.6) is 5.75 Å². The van der Waals surface area contributed by atoms with E-state index in [1.165, 1.54) is 0 Å². The van der Waals surface area contributed by atoms with E-state index in [4.69, 9.17) is 9.47 Å². The Morgan fingerprint density at radius 2 is 1.48 bits per heavy atom. The number of piperazine rings is 1. The molecule has 1 amide bonds. The van der Waals surface area contributed by atoms with Crippen molar-refractivity contribution < 1.29 is 24.2 Å². The fraction of sp³-hybridized carbons (Fsp3) is 0.458. The molecule has 9 nitrogen and oxygen atoms in total. The lowest BCUT2D eigenvalue weighted by Gasteiger charge is -2.37. The number of amides is 1. The number of aromatic nitrogens is 1. The number of carboxylic acids is 1. The van der Waals surface area contributed by atoms with Crippen LogP contribution in [0.25, 0.3) is 0 Å². The number of carboxylic acid groups (broad SMARTS) is 1. The molecule has 1 saturated heterocycles. The molecule has 1 fully saturated rings. The maximum absolute atomic E-state index is 12.2. The molecule has 0 spiro atoms. The predicted octanol–water partition coefficient (Wildman–Crippen LogP) is 3.50. The van der Waals surface area contributed by atoms with Gasteiger partial charge in [-0.1, -0.05) is 6.92 Å². The molecule has 1 aromatic carbocycles. The maximum Gasteiger partial charge on any atom is 0.411 e. The number of hydrogen-bond acceptors (Lipinski definition) is 7. The molecular weight excluding hydrogens is 424 g/mol. The summed E-state index contributed by atoms with van der Waals surface area (Å²) >= 11 is 0. The van der Waals surface area contributed by atoms with Gasteiger partial charge in [0, 0.05) is 56.4 Å². The smallest absolute Gasteiger partial charge is 0.411 e. The fourth-order valence-electron chi connectivity index (χ4n) is 3.61. The summed E-state index contributed by atoms with van der Waals surface area (Å²) in [5, 5.41) is 12.2. The van der Waals surface area contributed by atoms with Gasteiger partial charge in [0.1, 0.15) is 11.4 Å². The van der Waals surface area contributed by atoms with Crippen LogP contribution >= 0.6 is 0 Å². The third-order valence-electron chi connectivity index (χ3n) is 5.35. The third kappa shape index (κ3) is 6.27. The van der Waals surface area contributed by atoms with Crippen molar-refractivity contribution in [3.8, 4) is 5.75 Å². The first-order chi connectivity index (χ1) is 15.6. The zero-order valence-corrected chi connectivity index (χ0v) is 19.6. The van der Waals surface area contributed by atoms with Crippen LogP contribution in [-0.4, -0.2) is 59.7 Å². The van der Waals surface area contributed by atoms with Crippen LogP contribution in [0, 0.1) is 0 Å². The quantitative estimate of drug-likeness (QED) is 0.610. The molecule has 1 atom stereocenters. The van der Waals surface area contributed by atoms with Crippen LogP contribution in [0.3, 0.4) is 0 Å². The van der Waals surface area contributed by atoms with Gasteiger partial charge in [-0.25, -0.2) is 9.59 Å². The van der Waals surface area contributed by atoms with Crippen molar-refractivity contribution >= 4 is 23.4 Å². The number of rotatable bonds is 7. The number of nitrogens with one attached hydrogen (secondary N) is 1. The molecule has 178 valence electrons. The lowest BCUT2D eigenvalue weighted by molar-refractivity contribution is -0.158. The Labute approximate surface area is 194 Å². The highest BCUT2D eigenvalue weighted by Crippen LogP contribution is 2.26. The first-order valence-corrected chi connectivity index (χ1v) is 11.1. The number of anilines is 2. The van der Waals surface area contributed by atoms with Crippen LogP contribution in [0.2, 0.25) is 0 Å². The van der Waals surface area contributed by atoms with Gasteiger partial charge in [-0.15, -0.1) is 0 Å². The Hall–Kier alpha value is -3.49. The summed E-state index contributed by atoms with van der Waals surface area (Å²) in [6.07, 6.45) is 2.76. The largest absolute Gasteiger partial charge is 0.477 e. The molecular formula is C24H32N4O5. The number of alkyl carbamates (subject to hydrolysis) is 1. The lowest BCUT2D eigenvalue weighted by Crippen LogP contribution is -2.59. The minimum atomic E-state index is -1.93. The van der Waals surface area contributed by atoms with Crippen LogP contribution in [-0.2, 0) is 9.53 Å². The van der Waals surface area contributed by atoms with E-state index in [9.17, 15) is 14.7 Å². The van der Waals surface area contributed by atoms with E-state index >= 15 is 0 Å². The van der Waals surface area contributed by atoms with Crippen molar-refractivity contribution in [1.29, 1.82) is 0 Å². The Morgan fingerprint density at radius 1 is 0.970 bits per heavy atom. The predicted molar refractivity (Wildman–Crippen MR) is 126 cm³/mol. The summed E-state index contributed by atoms with van der Waals surface area (Å²) < 4.78 is 11.0. The lowest BCUT2D eigenvalue weighted by atomic mass is 10.1. The normalized spacial score (nSPS) is 16.0. The van der Waals surface area contributed by atoms with Gasteiger partial charge in [-0.3, -0.25) is 10.3 Å². The van der Waals surface area contributed by atoms with Crippen molar-refractivity contribution in [2.45, 2.75) is 45.4 Å². The number of aliphatic carboxylic acids is 1. The van der Waals surface area contributed by atoms with Gasteiger partial charge in [-0.05, 0) is 57.2 Å². The minimum Gasteiger partial charge on any atom is -0.477 e. The maximum atomic E-state index is 12.2. The molecule has 2 heterocycles. The Morgan fingerprint density at radius 3 is 1.94 bits per heavy atom. The summed E-state index contributed by atoms with van der Waals surface area (Å²) in [7, 11) is 0. The van der Waals surface area contributed by atoms with Crippen molar-refractivity contribution in [2.75, 3.05) is 36.0 Å². The highest BCUT2D eigenvalue weighted by Gasteiger charge is 2.42. The zero-order chi connectivity index (χ0) is 24.1. The zero-order valence-electron chi connectivity index (χ0n) is 19.6. The van der Waals surface area contributed by atoms with Crippen molar-refractivity contribution in [1.82, 2.24) is 10.3 Å². The van der Waals surface area contributed by atoms with E-state index in [0.29, 0.717) is 5.75 Å². The molecule has 0 bridgehead atoms. The number of pyridine rings is 1. The van der Waals surface area contributed by atoms with Crippen molar-refractivity contribution in [3.63, 3.8) is 0 Å². The monoisotopic (exact) mass is 456 g/mol. The number of carbonyl (C=O) groups is 2. The summed E-state index contributed by atoms with van der Waals surface area (Å²) in [5.41, 5.74) is -0.504. The Kier molecular flexibility index (Phi) is 7.30. The summed E-state index contributed by atoms with van der Waals surface area (Å²) in [5.74, 6) is -0.957. The first kappa shape index (κ1) is 24.2. The van der Waals surface area contributed by atoms with E-state index in [2.05, 4.69) is 20.1 Å². The van der Waals surface area contributed by atoms with Gasteiger partial charge in [-0.2, -0.15) is 0 Å². The standard InChI is InChI=1S/C24H32N4O5/c1-5-24(21(29)30,26-22(31)33-23(2,3)4)32-20-8-6-18(7-9-20)27-14-16-28(17-15-27)19-10-12-25-13-11-19/h6-13H,5,14-17H2,1-4H3,(H,26,31)(H,29,30). The molecule has 0 aliphatic carbocycles. The molecule has 2 N–H and O–H groups in total. The average molecular weight is 457 g/mol. The molecule has 9 heteroatoms. The topological polar surface area (TPSA) is 104 Å². The number of hydrogen-bond donors (Lipinski definition) is 2. The number of carbonyl (C=O) groups excluding carboxylic acids is 1. The molecule has 1 aromatic heterocycles. The van der Waals surface area contributed by atoms with E-state index in [1.807, 2.05) is 24.3 Å². The third-order valence-corrected chi connectivity index (χ3v) is 5.35. The second-order valence-corrected chi connectivity index (χ2v) is 8.89. The van der Waals surface area contributed by atoms with Gasteiger partial charge in [0.15, 0.2) is 0 Å². The van der Waals surface area contributed by atoms with Crippen LogP contribution in [0.1, 0.15) is 34.1 Å². The van der Waals surface area contributed by atoms with E-state index in [-0.39, 0.29) is 6.42 Å². The van der Waals surface area contributed by atoms with Crippen LogP contribution in [0.15, 0.2) is 48.8 Å². The molecule has 1 aliphatic rings. The van der Waals surface area contributed by atoms with Gasteiger partial charge in [0.25, 0.3) is 5.72 Å². The van der Waals surface area contributed by atoms with E-state index in [1.54, 1.807) is 52.2 Å². The summed E-state index contributed by atoms with van der Waals surface area (Å²) in [6, 6.07) is 11.2. The second-order valence-electron chi connectivity index (χ2n) is 8.89. The molecule has 0 saturated carbocycles. The molecule has 0 radical (unpaired) electrons. The first-order valence-electron chi connectivity index (χ1n) is 11.1. The average Bonchev–Trinajstić information content (AvgIpc) is 2.78. The van der Waals surface area contributed by atoms with E-state index < -0.39 is 23.4 Å². The number of nitrogens with zero attached hydrogens (tertiary/aromatic N) is 3. The molecule has 3 rings (SSSR count).